The van der Waals surface area contributed by atoms with Gasteiger partial charge in [0.05, 0.1) is 10.1 Å². The van der Waals surface area contributed by atoms with Crippen LogP contribution in [0.2, 0.25) is 0 Å². The third kappa shape index (κ3) is 1.91. The summed E-state index contributed by atoms with van der Waals surface area (Å²) in [5, 5.41) is -0.855. The molecule has 0 bridgehead atoms. The van der Waals surface area contributed by atoms with E-state index in [0.717, 1.165) is 0 Å². The standard InChI is InChI=1S/C7H6Cl4O/c1-12-7(11)3-5(9)4(8)2-6(7)10/h2-3,6H,1H3. The third-order valence-corrected chi connectivity index (χ3v) is 3.33. The molecule has 0 saturated heterocycles. The maximum atomic E-state index is 5.95. The Morgan fingerprint density at radius 1 is 1.42 bits per heavy atom. The van der Waals surface area contributed by atoms with Gasteiger partial charge in [-0.1, -0.05) is 34.8 Å². The van der Waals surface area contributed by atoms with Gasteiger partial charge in [-0.2, -0.15) is 0 Å². The Bertz CT molecular complexity index is 248. The van der Waals surface area contributed by atoms with E-state index in [0.29, 0.717) is 10.1 Å². The van der Waals surface area contributed by atoms with Crippen molar-refractivity contribution < 1.29 is 4.74 Å². The Labute approximate surface area is 90.9 Å². The Morgan fingerprint density at radius 3 is 2.50 bits per heavy atom. The molecule has 0 heterocycles. The number of halogens is 4. The number of hydrogen-bond acceptors (Lipinski definition) is 1. The summed E-state index contributed by atoms with van der Waals surface area (Å²) < 4.78 is 4.98. The van der Waals surface area contributed by atoms with Gasteiger partial charge in [0.2, 0.25) is 0 Å². The second-order valence-electron chi connectivity index (χ2n) is 2.31. The topological polar surface area (TPSA) is 9.23 Å². The molecular weight excluding hydrogens is 242 g/mol. The lowest BCUT2D eigenvalue weighted by Crippen LogP contribution is -2.33. The molecule has 0 aliphatic heterocycles. The minimum absolute atomic E-state index is 0.352. The summed E-state index contributed by atoms with van der Waals surface area (Å²) in [4.78, 5) is 0. The van der Waals surface area contributed by atoms with Crippen molar-refractivity contribution in [3.8, 4) is 0 Å². The highest BCUT2D eigenvalue weighted by atomic mass is 35.5. The molecule has 0 radical (unpaired) electrons. The fraction of sp³-hybridized carbons (Fsp3) is 0.429. The zero-order chi connectivity index (χ0) is 9.35. The number of methoxy groups -OCH3 is 1. The molecule has 2 atom stereocenters. The smallest absolute Gasteiger partial charge is 0.181 e. The summed E-state index contributed by atoms with van der Waals surface area (Å²) in [6, 6.07) is 0. The molecule has 0 fully saturated rings. The van der Waals surface area contributed by atoms with E-state index in [1.807, 2.05) is 0 Å². The van der Waals surface area contributed by atoms with Crippen LogP contribution < -0.4 is 0 Å². The molecule has 5 heteroatoms. The van der Waals surface area contributed by atoms with E-state index in [-0.39, 0.29) is 0 Å². The first-order valence-electron chi connectivity index (χ1n) is 3.14. The Kier molecular flexibility index (Phi) is 3.35. The quantitative estimate of drug-likeness (QED) is 0.646. The van der Waals surface area contributed by atoms with Crippen molar-refractivity contribution in [2.75, 3.05) is 7.11 Å². The number of alkyl halides is 2. The van der Waals surface area contributed by atoms with Crippen molar-refractivity contribution >= 4 is 46.4 Å². The summed E-state index contributed by atoms with van der Waals surface area (Å²) >= 11 is 23.3. The Balaban J connectivity index is 2.99. The maximum Gasteiger partial charge on any atom is 0.181 e. The first-order valence-corrected chi connectivity index (χ1v) is 4.71. The highest BCUT2D eigenvalue weighted by Crippen LogP contribution is 2.38. The second-order valence-corrected chi connectivity index (χ2v) is 4.19. The van der Waals surface area contributed by atoms with Crippen molar-refractivity contribution in [2.24, 2.45) is 0 Å². The van der Waals surface area contributed by atoms with E-state index in [2.05, 4.69) is 0 Å². The van der Waals surface area contributed by atoms with Gasteiger partial charge in [-0.3, -0.25) is 0 Å². The molecule has 0 amide bonds. The van der Waals surface area contributed by atoms with Crippen molar-refractivity contribution in [2.45, 2.75) is 10.4 Å². The lowest BCUT2D eigenvalue weighted by molar-refractivity contribution is 0.108. The van der Waals surface area contributed by atoms with Crippen LogP contribution in [-0.4, -0.2) is 17.5 Å². The van der Waals surface area contributed by atoms with Crippen LogP contribution in [0.3, 0.4) is 0 Å². The molecule has 0 N–H and O–H groups in total. The summed E-state index contributed by atoms with van der Waals surface area (Å²) in [7, 11) is 1.45. The predicted octanol–water partition coefficient (Wildman–Crippen LogP) is 3.43. The molecule has 0 aromatic rings. The van der Waals surface area contributed by atoms with E-state index in [1.165, 1.54) is 13.2 Å². The van der Waals surface area contributed by atoms with Gasteiger partial charge in [0.25, 0.3) is 0 Å². The van der Waals surface area contributed by atoms with E-state index >= 15 is 0 Å². The van der Waals surface area contributed by atoms with Crippen LogP contribution in [0.25, 0.3) is 0 Å². The molecule has 1 rings (SSSR count). The molecule has 2 unspecified atom stereocenters. The van der Waals surface area contributed by atoms with Crippen LogP contribution in [0.15, 0.2) is 22.2 Å². The molecule has 0 aromatic heterocycles. The number of hydrogen-bond donors (Lipinski definition) is 0. The van der Waals surface area contributed by atoms with Gasteiger partial charge in [-0.15, -0.1) is 11.6 Å². The van der Waals surface area contributed by atoms with E-state index in [9.17, 15) is 0 Å². The highest BCUT2D eigenvalue weighted by Gasteiger charge is 2.36. The van der Waals surface area contributed by atoms with E-state index in [1.54, 1.807) is 6.08 Å². The summed E-state index contributed by atoms with van der Waals surface area (Å²) in [6.07, 6.45) is 3.03. The van der Waals surface area contributed by atoms with Crippen molar-refractivity contribution in [3.05, 3.63) is 22.2 Å². The Hall–Kier alpha value is 0.600. The molecule has 0 saturated carbocycles. The van der Waals surface area contributed by atoms with Gasteiger partial charge in [0.1, 0.15) is 5.38 Å². The minimum atomic E-state index is -1.09. The van der Waals surface area contributed by atoms with Crippen LogP contribution in [0.1, 0.15) is 0 Å². The van der Waals surface area contributed by atoms with Crippen LogP contribution >= 0.6 is 46.4 Å². The average Bonchev–Trinajstić information content (AvgIpc) is 2.01. The van der Waals surface area contributed by atoms with Gasteiger partial charge in [0, 0.05) is 7.11 Å². The van der Waals surface area contributed by atoms with Gasteiger partial charge in [0.15, 0.2) is 5.06 Å². The third-order valence-electron chi connectivity index (χ3n) is 1.53. The van der Waals surface area contributed by atoms with Crippen LogP contribution in [0.4, 0.5) is 0 Å². The molecule has 0 aromatic carbocycles. The molecule has 0 spiro atoms. The largest absolute Gasteiger partial charge is 0.357 e. The fourth-order valence-corrected chi connectivity index (χ4v) is 1.79. The van der Waals surface area contributed by atoms with Gasteiger partial charge >= 0.3 is 0 Å². The number of rotatable bonds is 1. The van der Waals surface area contributed by atoms with Crippen LogP contribution in [0.5, 0.6) is 0 Å². The lowest BCUT2D eigenvalue weighted by Gasteiger charge is -2.28. The van der Waals surface area contributed by atoms with Crippen LogP contribution in [-0.2, 0) is 4.74 Å². The summed E-state index contributed by atoms with van der Waals surface area (Å²) in [6.45, 7) is 0. The molecule has 68 valence electrons. The fourth-order valence-electron chi connectivity index (χ4n) is 0.815. The number of ether oxygens (including phenoxy) is 1. The SMILES string of the molecule is COC1(Cl)C=C(Cl)C(Cl)=CC1Cl. The first-order chi connectivity index (χ1) is 5.49. The molecule has 1 aliphatic carbocycles. The molecule has 1 nitrogen and oxygen atoms in total. The average molecular weight is 248 g/mol. The minimum Gasteiger partial charge on any atom is -0.357 e. The van der Waals surface area contributed by atoms with Crippen molar-refractivity contribution in [1.29, 1.82) is 0 Å². The van der Waals surface area contributed by atoms with Crippen LogP contribution in [0, 0.1) is 0 Å². The molecule has 12 heavy (non-hydrogen) atoms. The van der Waals surface area contributed by atoms with E-state index in [4.69, 9.17) is 51.1 Å². The van der Waals surface area contributed by atoms with Gasteiger partial charge in [-0.25, -0.2) is 0 Å². The highest BCUT2D eigenvalue weighted by molar-refractivity contribution is 6.46. The normalized spacial score (nSPS) is 35.9. The lowest BCUT2D eigenvalue weighted by atomic mass is 10.1. The summed E-state index contributed by atoms with van der Waals surface area (Å²) in [5.41, 5.74) is 0. The molecule has 1 aliphatic rings. The second kappa shape index (κ2) is 3.77. The van der Waals surface area contributed by atoms with Crippen molar-refractivity contribution in [1.82, 2.24) is 0 Å². The first kappa shape index (κ1) is 10.7. The monoisotopic (exact) mass is 246 g/mol. The molecular formula is C7H6Cl4O. The number of allylic oxidation sites excluding steroid dienone is 2. The summed E-state index contributed by atoms with van der Waals surface area (Å²) in [5.74, 6) is 0. The van der Waals surface area contributed by atoms with E-state index < -0.39 is 10.4 Å². The van der Waals surface area contributed by atoms with Crippen molar-refractivity contribution in [3.63, 3.8) is 0 Å². The predicted molar refractivity (Wildman–Crippen MR) is 53.1 cm³/mol. The Morgan fingerprint density at radius 2 is 2.00 bits per heavy atom. The van der Waals surface area contributed by atoms with Gasteiger partial charge < -0.3 is 4.74 Å². The zero-order valence-electron chi connectivity index (χ0n) is 6.15. The zero-order valence-corrected chi connectivity index (χ0v) is 9.18. The maximum absolute atomic E-state index is 5.95. The van der Waals surface area contributed by atoms with Gasteiger partial charge in [-0.05, 0) is 12.2 Å².